The molecule has 0 atom stereocenters. The highest BCUT2D eigenvalue weighted by Gasteiger charge is 2.35. The average Bonchev–Trinajstić information content (AvgIpc) is 2.74. The van der Waals surface area contributed by atoms with E-state index >= 15 is 0 Å². The van der Waals surface area contributed by atoms with Crippen LogP contribution in [0.4, 0.5) is 13.2 Å². The van der Waals surface area contributed by atoms with Crippen LogP contribution in [0.1, 0.15) is 10.7 Å². The Bertz CT molecular complexity index is 490. The number of aryl methyl sites for hydroxylation is 1. The van der Waals surface area contributed by atoms with Crippen LogP contribution in [0.5, 0.6) is 0 Å². The summed E-state index contributed by atoms with van der Waals surface area (Å²) in [6.07, 6.45) is -4.42. The van der Waals surface area contributed by atoms with E-state index in [1.807, 2.05) is 12.3 Å². The minimum Gasteiger partial charge on any atom is -0.235 e. The van der Waals surface area contributed by atoms with E-state index in [-0.39, 0.29) is 4.34 Å². The van der Waals surface area contributed by atoms with Crippen LogP contribution in [0.2, 0.25) is 0 Å². The first kappa shape index (κ1) is 11.8. The van der Waals surface area contributed by atoms with Gasteiger partial charge in [0.2, 0.25) is 5.01 Å². The minimum atomic E-state index is -4.42. The molecule has 2 aromatic heterocycles. The third kappa shape index (κ3) is 2.71. The van der Waals surface area contributed by atoms with Gasteiger partial charge in [0.25, 0.3) is 0 Å². The molecule has 0 saturated heterocycles. The lowest BCUT2D eigenvalue weighted by molar-refractivity contribution is -0.138. The Morgan fingerprint density at radius 3 is 2.50 bits per heavy atom. The molecule has 0 fully saturated rings. The van der Waals surface area contributed by atoms with Crippen LogP contribution in [-0.4, -0.2) is 15.2 Å². The third-order valence-corrected chi connectivity index (χ3v) is 4.50. The van der Waals surface area contributed by atoms with Gasteiger partial charge in [-0.25, -0.2) is 4.98 Å². The molecule has 0 unspecified atom stereocenters. The second-order valence-corrected chi connectivity index (χ2v) is 6.06. The number of halogens is 3. The molecule has 0 aliphatic heterocycles. The number of alkyl halides is 3. The lowest BCUT2D eigenvalue weighted by atomic mass is 10.6. The van der Waals surface area contributed by atoms with Gasteiger partial charge in [-0.3, -0.25) is 0 Å². The summed E-state index contributed by atoms with van der Waals surface area (Å²) in [5.74, 6) is 0. The molecule has 0 bridgehead atoms. The summed E-state index contributed by atoms with van der Waals surface area (Å²) in [6.45, 7) is 1.82. The summed E-state index contributed by atoms with van der Waals surface area (Å²) in [4.78, 5) is 4.12. The predicted octanol–water partition coefficient (Wildman–Crippen LogP) is 3.47. The van der Waals surface area contributed by atoms with E-state index < -0.39 is 11.2 Å². The largest absolute Gasteiger partial charge is 0.445 e. The topological polar surface area (TPSA) is 38.7 Å². The average molecular weight is 283 g/mol. The van der Waals surface area contributed by atoms with Gasteiger partial charge in [0.1, 0.15) is 0 Å². The highest BCUT2D eigenvalue weighted by molar-refractivity contribution is 8.02. The first-order valence-corrected chi connectivity index (χ1v) is 6.47. The van der Waals surface area contributed by atoms with E-state index in [2.05, 4.69) is 15.2 Å². The van der Waals surface area contributed by atoms with Crippen LogP contribution >= 0.6 is 34.4 Å². The van der Waals surface area contributed by atoms with E-state index in [0.29, 0.717) is 15.7 Å². The normalized spacial score (nSPS) is 12.0. The molecule has 0 aliphatic rings. The smallest absolute Gasteiger partial charge is 0.235 e. The van der Waals surface area contributed by atoms with Gasteiger partial charge >= 0.3 is 6.18 Å². The molecule has 0 radical (unpaired) electrons. The second kappa shape index (κ2) is 4.30. The van der Waals surface area contributed by atoms with Gasteiger partial charge in [-0.1, -0.05) is 11.3 Å². The number of nitrogens with zero attached hydrogens (tertiary/aromatic N) is 3. The van der Waals surface area contributed by atoms with Crippen molar-refractivity contribution in [2.45, 2.75) is 21.8 Å². The molecule has 9 heteroatoms. The van der Waals surface area contributed by atoms with Crippen LogP contribution in [0.25, 0.3) is 0 Å². The molecule has 2 heterocycles. The van der Waals surface area contributed by atoms with Crippen LogP contribution in [0.3, 0.4) is 0 Å². The maximum atomic E-state index is 12.2. The van der Waals surface area contributed by atoms with Crippen molar-refractivity contribution in [3.8, 4) is 0 Å². The highest BCUT2D eigenvalue weighted by Crippen LogP contribution is 2.37. The molecule has 2 rings (SSSR count). The molecule has 0 N–H and O–H groups in total. The van der Waals surface area contributed by atoms with Crippen molar-refractivity contribution >= 4 is 34.4 Å². The van der Waals surface area contributed by atoms with E-state index in [1.165, 1.54) is 11.3 Å². The fourth-order valence-corrected chi connectivity index (χ4v) is 3.58. The van der Waals surface area contributed by atoms with Crippen molar-refractivity contribution in [1.29, 1.82) is 0 Å². The third-order valence-electron chi connectivity index (χ3n) is 1.42. The molecule has 16 heavy (non-hydrogen) atoms. The Balaban J connectivity index is 2.14. The van der Waals surface area contributed by atoms with Crippen LogP contribution in [0, 0.1) is 6.92 Å². The monoisotopic (exact) mass is 283 g/mol. The van der Waals surface area contributed by atoms with Crippen molar-refractivity contribution < 1.29 is 13.2 Å². The van der Waals surface area contributed by atoms with Gasteiger partial charge in [0.15, 0.2) is 8.68 Å². The Kier molecular flexibility index (Phi) is 3.17. The van der Waals surface area contributed by atoms with Crippen molar-refractivity contribution in [1.82, 2.24) is 15.2 Å². The van der Waals surface area contributed by atoms with Crippen molar-refractivity contribution in [2.24, 2.45) is 0 Å². The van der Waals surface area contributed by atoms with E-state index in [9.17, 15) is 13.2 Å². The standard InChI is InChI=1S/C7H4F3N3S3/c1-3-2-14-5(11-3)16-6-13-12-4(15-6)7(8,9)10/h2H,1H3. The summed E-state index contributed by atoms with van der Waals surface area (Å²) in [7, 11) is 0. The van der Waals surface area contributed by atoms with Crippen molar-refractivity contribution in [3.63, 3.8) is 0 Å². The van der Waals surface area contributed by atoms with Crippen LogP contribution < -0.4 is 0 Å². The van der Waals surface area contributed by atoms with E-state index in [0.717, 1.165) is 17.5 Å². The molecule has 0 amide bonds. The number of rotatable bonds is 2. The van der Waals surface area contributed by atoms with Crippen molar-refractivity contribution in [3.05, 3.63) is 16.1 Å². The lowest BCUT2D eigenvalue weighted by Gasteiger charge is -1.97. The Morgan fingerprint density at radius 1 is 1.25 bits per heavy atom. The zero-order valence-corrected chi connectivity index (χ0v) is 10.2. The Morgan fingerprint density at radius 2 is 2.00 bits per heavy atom. The van der Waals surface area contributed by atoms with Gasteiger partial charge < -0.3 is 0 Å². The molecule has 2 aromatic rings. The number of thiazole rings is 1. The lowest BCUT2D eigenvalue weighted by Crippen LogP contribution is -2.03. The Labute approximate surface area is 101 Å². The quantitative estimate of drug-likeness (QED) is 0.846. The van der Waals surface area contributed by atoms with Gasteiger partial charge in [-0.05, 0) is 18.7 Å². The first-order chi connectivity index (χ1) is 7.45. The van der Waals surface area contributed by atoms with Crippen molar-refractivity contribution in [2.75, 3.05) is 0 Å². The molecular formula is C7H4F3N3S3. The highest BCUT2D eigenvalue weighted by atomic mass is 32.2. The van der Waals surface area contributed by atoms with E-state index in [4.69, 9.17) is 0 Å². The van der Waals surface area contributed by atoms with Crippen LogP contribution in [0.15, 0.2) is 14.1 Å². The van der Waals surface area contributed by atoms with Crippen LogP contribution in [-0.2, 0) is 6.18 Å². The zero-order chi connectivity index (χ0) is 11.8. The fraction of sp³-hybridized carbons (Fsp3) is 0.286. The molecule has 0 aliphatic carbocycles. The summed E-state index contributed by atoms with van der Waals surface area (Å²) in [5, 5.41) is 7.46. The van der Waals surface area contributed by atoms with Gasteiger partial charge in [0.05, 0.1) is 0 Å². The Hall–Kier alpha value is -0.670. The summed E-state index contributed by atoms with van der Waals surface area (Å²) >= 11 is 2.99. The molecule has 0 aromatic carbocycles. The summed E-state index contributed by atoms with van der Waals surface area (Å²) in [6, 6.07) is 0. The number of hydrogen-bond acceptors (Lipinski definition) is 6. The minimum absolute atomic E-state index is 0.252. The number of hydrogen-bond donors (Lipinski definition) is 0. The predicted molar refractivity (Wildman–Crippen MR) is 55.9 cm³/mol. The first-order valence-electron chi connectivity index (χ1n) is 3.96. The zero-order valence-electron chi connectivity index (χ0n) is 7.78. The SMILES string of the molecule is Cc1csc(Sc2nnc(C(F)(F)F)s2)n1. The summed E-state index contributed by atoms with van der Waals surface area (Å²) in [5.41, 5.74) is 0.841. The summed E-state index contributed by atoms with van der Waals surface area (Å²) < 4.78 is 37.6. The molecule has 3 nitrogen and oxygen atoms in total. The fourth-order valence-electron chi connectivity index (χ4n) is 0.820. The van der Waals surface area contributed by atoms with Gasteiger partial charge in [0, 0.05) is 11.1 Å². The van der Waals surface area contributed by atoms with E-state index in [1.54, 1.807) is 0 Å². The van der Waals surface area contributed by atoms with Gasteiger partial charge in [-0.2, -0.15) is 13.2 Å². The molecule has 86 valence electrons. The van der Waals surface area contributed by atoms with Gasteiger partial charge in [-0.15, -0.1) is 21.5 Å². The molecular weight excluding hydrogens is 279 g/mol. The maximum absolute atomic E-state index is 12.2. The molecule has 0 spiro atoms. The maximum Gasteiger partial charge on any atom is 0.445 e. The molecule has 0 saturated carbocycles. The second-order valence-electron chi connectivity index (χ2n) is 2.73. The number of aromatic nitrogens is 3.